The van der Waals surface area contributed by atoms with Crippen LogP contribution in [0.1, 0.15) is 27.7 Å². The van der Waals surface area contributed by atoms with Gasteiger partial charge in [-0.05, 0) is 27.7 Å². The number of Topliss-reactive ketones (excluding diaryl/α,β-unsaturated/α-hetero) is 2. The van der Waals surface area contributed by atoms with Gasteiger partial charge in [-0.3, -0.25) is 9.59 Å². The third kappa shape index (κ3) is 9.35. The molecule has 4 nitrogen and oxygen atoms in total. The minimum atomic E-state index is -0.236. The standard InChI is InChI=1S/2C5H10O2/c2*1-4(6)5(2)7-3/h2*5H,1-3H3. The molecule has 0 aromatic rings. The molecule has 4 heteroatoms. The lowest BCUT2D eigenvalue weighted by atomic mass is 10.3. The van der Waals surface area contributed by atoms with Gasteiger partial charge in [-0.1, -0.05) is 0 Å². The first-order valence-corrected chi connectivity index (χ1v) is 4.43. The molecule has 0 heterocycles. The topological polar surface area (TPSA) is 52.6 Å². The summed E-state index contributed by atoms with van der Waals surface area (Å²) in [4.78, 5) is 20.5. The van der Waals surface area contributed by atoms with Crippen LogP contribution < -0.4 is 0 Å². The largest absolute Gasteiger partial charge is 0.374 e. The summed E-state index contributed by atoms with van der Waals surface area (Å²) in [6, 6.07) is 0. The Morgan fingerprint density at radius 2 is 1.07 bits per heavy atom. The molecule has 0 spiro atoms. The van der Waals surface area contributed by atoms with E-state index in [0.29, 0.717) is 0 Å². The van der Waals surface area contributed by atoms with Crippen molar-refractivity contribution in [3.63, 3.8) is 0 Å². The number of ketones is 2. The summed E-state index contributed by atoms with van der Waals surface area (Å²) in [6.45, 7) is 6.47. The van der Waals surface area contributed by atoms with Crippen LogP contribution in [0.5, 0.6) is 0 Å². The Kier molecular flexibility index (Phi) is 9.93. The maximum Gasteiger partial charge on any atom is 0.158 e. The SMILES string of the molecule is COC(C)C(C)=O.COC(C)C(C)=O. The molecule has 0 fully saturated rings. The highest BCUT2D eigenvalue weighted by Gasteiger charge is 2.02. The summed E-state index contributed by atoms with van der Waals surface area (Å²) in [5.41, 5.74) is 0. The molecule has 0 N–H and O–H groups in total. The number of hydrogen-bond donors (Lipinski definition) is 0. The molecule has 0 aliphatic carbocycles. The first-order chi connectivity index (χ1) is 6.36. The van der Waals surface area contributed by atoms with E-state index in [9.17, 15) is 9.59 Å². The number of carbonyl (C=O) groups is 2. The molecule has 2 atom stereocenters. The smallest absolute Gasteiger partial charge is 0.158 e. The molecule has 0 aliphatic heterocycles. The Labute approximate surface area is 85.6 Å². The van der Waals surface area contributed by atoms with Crippen LogP contribution in [0.3, 0.4) is 0 Å². The van der Waals surface area contributed by atoms with Gasteiger partial charge >= 0.3 is 0 Å². The lowest BCUT2D eigenvalue weighted by Crippen LogP contribution is -2.14. The molecule has 0 aliphatic rings. The third-order valence-electron chi connectivity index (χ3n) is 1.85. The molecule has 0 aromatic carbocycles. The normalized spacial score (nSPS) is 13.6. The van der Waals surface area contributed by atoms with Crippen molar-refractivity contribution in [1.82, 2.24) is 0 Å². The van der Waals surface area contributed by atoms with Crippen molar-refractivity contribution in [3.8, 4) is 0 Å². The minimum Gasteiger partial charge on any atom is -0.374 e. The molecule has 2 unspecified atom stereocenters. The lowest BCUT2D eigenvalue weighted by Gasteiger charge is -2.00. The van der Waals surface area contributed by atoms with Crippen molar-refractivity contribution in [2.45, 2.75) is 39.9 Å². The minimum absolute atomic E-state index is 0.0718. The highest BCUT2D eigenvalue weighted by Crippen LogP contribution is 1.86. The van der Waals surface area contributed by atoms with Crippen LogP contribution >= 0.6 is 0 Å². The summed E-state index contributed by atoms with van der Waals surface area (Å²) < 4.78 is 9.32. The summed E-state index contributed by atoms with van der Waals surface area (Å²) in [5.74, 6) is 0.144. The van der Waals surface area contributed by atoms with Crippen LogP contribution in [-0.4, -0.2) is 38.0 Å². The maximum atomic E-state index is 10.2. The van der Waals surface area contributed by atoms with E-state index >= 15 is 0 Å². The molecule has 84 valence electrons. The summed E-state index contributed by atoms with van der Waals surface area (Å²) >= 11 is 0. The zero-order valence-electron chi connectivity index (χ0n) is 9.79. The van der Waals surface area contributed by atoms with Gasteiger partial charge in [0.05, 0.1) is 0 Å². The van der Waals surface area contributed by atoms with Crippen molar-refractivity contribution >= 4 is 11.6 Å². The molecule has 0 aromatic heterocycles. The van der Waals surface area contributed by atoms with E-state index in [-0.39, 0.29) is 23.8 Å². The summed E-state index contributed by atoms with van der Waals surface area (Å²) in [7, 11) is 3.04. The third-order valence-corrected chi connectivity index (χ3v) is 1.85. The van der Waals surface area contributed by atoms with Crippen molar-refractivity contribution in [2.24, 2.45) is 0 Å². The molecular weight excluding hydrogens is 184 g/mol. The van der Waals surface area contributed by atoms with E-state index in [1.807, 2.05) is 0 Å². The van der Waals surface area contributed by atoms with Gasteiger partial charge in [-0.2, -0.15) is 0 Å². The number of rotatable bonds is 4. The fourth-order valence-electron chi connectivity index (χ4n) is 0.332. The first kappa shape index (κ1) is 15.7. The molecule has 0 saturated heterocycles. The molecular formula is C10H20O4. The monoisotopic (exact) mass is 204 g/mol. The number of ether oxygens (including phenoxy) is 2. The van der Waals surface area contributed by atoms with Gasteiger partial charge in [-0.25, -0.2) is 0 Å². The molecule has 0 bridgehead atoms. The van der Waals surface area contributed by atoms with E-state index in [2.05, 4.69) is 9.47 Å². The van der Waals surface area contributed by atoms with Crippen LogP contribution in [0.25, 0.3) is 0 Å². The fourth-order valence-corrected chi connectivity index (χ4v) is 0.332. The Morgan fingerprint density at radius 3 is 1.07 bits per heavy atom. The quantitative estimate of drug-likeness (QED) is 0.691. The van der Waals surface area contributed by atoms with Crippen LogP contribution in [0.4, 0.5) is 0 Å². The Balaban J connectivity index is 0. The molecule has 0 saturated carbocycles. The van der Waals surface area contributed by atoms with Crippen LogP contribution in [-0.2, 0) is 19.1 Å². The Hall–Kier alpha value is -0.740. The molecule has 0 radical (unpaired) electrons. The van der Waals surface area contributed by atoms with Crippen molar-refractivity contribution in [3.05, 3.63) is 0 Å². The number of carbonyl (C=O) groups excluding carboxylic acids is 2. The van der Waals surface area contributed by atoms with Crippen LogP contribution in [0.15, 0.2) is 0 Å². The lowest BCUT2D eigenvalue weighted by molar-refractivity contribution is -0.126. The Morgan fingerprint density at radius 1 is 0.857 bits per heavy atom. The van der Waals surface area contributed by atoms with Gasteiger partial charge < -0.3 is 9.47 Å². The van der Waals surface area contributed by atoms with Crippen molar-refractivity contribution in [2.75, 3.05) is 14.2 Å². The predicted octanol–water partition coefficient (Wildman–Crippen LogP) is 1.22. The fraction of sp³-hybridized carbons (Fsp3) is 0.800. The average Bonchev–Trinajstić information content (AvgIpc) is 2.15. The zero-order valence-corrected chi connectivity index (χ0v) is 9.79. The van der Waals surface area contributed by atoms with Crippen LogP contribution in [0.2, 0.25) is 0 Å². The van der Waals surface area contributed by atoms with E-state index < -0.39 is 0 Å². The van der Waals surface area contributed by atoms with Gasteiger partial charge in [0.15, 0.2) is 11.6 Å². The average molecular weight is 204 g/mol. The van der Waals surface area contributed by atoms with Crippen LogP contribution in [0, 0.1) is 0 Å². The molecule has 0 amide bonds. The van der Waals surface area contributed by atoms with Gasteiger partial charge in [0, 0.05) is 14.2 Å². The highest BCUT2D eigenvalue weighted by molar-refractivity contribution is 5.80. The summed E-state index contributed by atoms with van der Waals surface area (Å²) in [6.07, 6.45) is -0.472. The van der Waals surface area contributed by atoms with Crippen molar-refractivity contribution in [1.29, 1.82) is 0 Å². The second-order valence-corrected chi connectivity index (χ2v) is 2.98. The number of hydrogen-bond acceptors (Lipinski definition) is 4. The van der Waals surface area contributed by atoms with Crippen molar-refractivity contribution < 1.29 is 19.1 Å². The summed E-state index contributed by atoms with van der Waals surface area (Å²) in [5, 5.41) is 0. The highest BCUT2D eigenvalue weighted by atomic mass is 16.5. The van der Waals surface area contributed by atoms with Gasteiger partial charge in [0.1, 0.15) is 12.2 Å². The second kappa shape index (κ2) is 8.84. The number of methoxy groups -OCH3 is 2. The van der Waals surface area contributed by atoms with Gasteiger partial charge in [0.25, 0.3) is 0 Å². The first-order valence-electron chi connectivity index (χ1n) is 4.43. The molecule has 0 rings (SSSR count). The van der Waals surface area contributed by atoms with Gasteiger partial charge in [-0.15, -0.1) is 0 Å². The predicted molar refractivity (Wildman–Crippen MR) is 54.3 cm³/mol. The van der Waals surface area contributed by atoms with E-state index in [1.165, 1.54) is 28.1 Å². The van der Waals surface area contributed by atoms with E-state index in [4.69, 9.17) is 0 Å². The van der Waals surface area contributed by atoms with Gasteiger partial charge in [0.2, 0.25) is 0 Å². The molecule has 14 heavy (non-hydrogen) atoms. The van der Waals surface area contributed by atoms with E-state index in [1.54, 1.807) is 13.8 Å². The van der Waals surface area contributed by atoms with E-state index in [0.717, 1.165) is 0 Å². The maximum absolute atomic E-state index is 10.2. The Bertz CT molecular complexity index is 157. The second-order valence-electron chi connectivity index (χ2n) is 2.98. The zero-order chi connectivity index (χ0) is 11.7.